The summed E-state index contributed by atoms with van der Waals surface area (Å²) in [6.07, 6.45) is 2.32. The summed E-state index contributed by atoms with van der Waals surface area (Å²) in [5, 5.41) is 25.1. The number of benzene rings is 3. The van der Waals surface area contributed by atoms with Gasteiger partial charge in [0.05, 0.1) is 5.69 Å². The van der Waals surface area contributed by atoms with Gasteiger partial charge in [-0.25, -0.2) is 0 Å². The molecular formula is C27H28N2O2S. The highest BCUT2D eigenvalue weighted by Crippen LogP contribution is 2.40. The number of thioether (sulfide) groups is 1. The molecule has 0 saturated heterocycles. The first-order chi connectivity index (χ1) is 15.6. The first-order valence-corrected chi connectivity index (χ1v) is 11.7. The normalized spacial score (nSPS) is 12.1. The minimum atomic E-state index is -0.126. The van der Waals surface area contributed by atoms with E-state index in [1.54, 1.807) is 18.0 Å². The molecular weight excluding hydrogens is 416 g/mol. The molecule has 4 nitrogen and oxygen atoms in total. The zero-order valence-corrected chi connectivity index (χ0v) is 19.2. The molecule has 0 saturated carbocycles. The maximum atomic E-state index is 11.0. The Morgan fingerprint density at radius 2 is 1.75 bits per heavy atom. The van der Waals surface area contributed by atoms with Crippen LogP contribution in [0.2, 0.25) is 0 Å². The number of rotatable bonds is 8. The van der Waals surface area contributed by atoms with Gasteiger partial charge in [-0.05, 0) is 48.7 Å². The third-order valence-electron chi connectivity index (χ3n) is 5.72. The van der Waals surface area contributed by atoms with Crippen molar-refractivity contribution in [2.75, 3.05) is 6.61 Å². The number of aromatic hydroxyl groups is 1. The fourth-order valence-electron chi connectivity index (χ4n) is 4.09. The number of aryl methyl sites for hydroxylation is 2. The van der Waals surface area contributed by atoms with E-state index in [0.717, 1.165) is 38.6 Å². The molecule has 32 heavy (non-hydrogen) atoms. The lowest BCUT2D eigenvalue weighted by Gasteiger charge is -2.22. The summed E-state index contributed by atoms with van der Waals surface area (Å²) in [6, 6.07) is 24.5. The van der Waals surface area contributed by atoms with Gasteiger partial charge in [0.2, 0.25) is 0 Å². The summed E-state index contributed by atoms with van der Waals surface area (Å²) >= 11 is 1.70. The van der Waals surface area contributed by atoms with Gasteiger partial charge in [0.1, 0.15) is 5.75 Å². The third-order valence-corrected chi connectivity index (χ3v) is 6.79. The van der Waals surface area contributed by atoms with Crippen molar-refractivity contribution in [3.8, 4) is 17.0 Å². The molecule has 0 fully saturated rings. The van der Waals surface area contributed by atoms with E-state index in [0.29, 0.717) is 6.42 Å². The van der Waals surface area contributed by atoms with E-state index >= 15 is 0 Å². The van der Waals surface area contributed by atoms with Gasteiger partial charge in [-0.2, -0.15) is 5.10 Å². The van der Waals surface area contributed by atoms with E-state index in [2.05, 4.69) is 48.4 Å². The predicted octanol–water partition coefficient (Wildman–Crippen LogP) is 5.91. The Morgan fingerprint density at radius 1 is 0.969 bits per heavy atom. The highest BCUT2D eigenvalue weighted by atomic mass is 32.2. The number of phenolic OH excluding ortho intramolecular Hbond substituents is 1. The van der Waals surface area contributed by atoms with Gasteiger partial charge in [-0.3, -0.25) is 4.68 Å². The molecule has 0 amide bonds. The van der Waals surface area contributed by atoms with Crippen molar-refractivity contribution < 1.29 is 10.2 Å². The Balaban J connectivity index is 1.67. The monoisotopic (exact) mass is 444 g/mol. The van der Waals surface area contributed by atoms with Crippen LogP contribution >= 0.6 is 11.8 Å². The minimum absolute atomic E-state index is 0.0350. The van der Waals surface area contributed by atoms with Crippen LogP contribution in [0.25, 0.3) is 11.3 Å². The van der Waals surface area contributed by atoms with Gasteiger partial charge in [-0.1, -0.05) is 54.1 Å². The molecule has 1 unspecified atom stereocenters. The fourth-order valence-corrected chi connectivity index (χ4v) is 4.98. The first-order valence-electron chi connectivity index (χ1n) is 10.8. The number of hydrogen-bond donors (Lipinski definition) is 2. The van der Waals surface area contributed by atoms with Crippen molar-refractivity contribution in [2.45, 2.75) is 29.9 Å². The van der Waals surface area contributed by atoms with Gasteiger partial charge >= 0.3 is 0 Å². The number of phenols is 1. The standard InChI is InChI=1S/C27H28N2O2S/c1-19-8-10-22(25(16-19)26-12-14-28-29(26)2)23(13-15-30)24-11-9-21(17-27(24)31)32-18-20-6-4-3-5-7-20/h3-12,14,16-17,23,30-31H,13,15,18H2,1-2H3. The van der Waals surface area contributed by atoms with Crippen LogP contribution in [-0.2, 0) is 12.8 Å². The zero-order valence-electron chi connectivity index (χ0n) is 18.4. The topological polar surface area (TPSA) is 58.3 Å². The second-order valence-corrected chi connectivity index (χ2v) is 9.04. The Morgan fingerprint density at radius 3 is 2.44 bits per heavy atom. The summed E-state index contributed by atoms with van der Waals surface area (Å²) in [7, 11) is 1.93. The van der Waals surface area contributed by atoms with E-state index < -0.39 is 0 Å². The molecule has 0 radical (unpaired) electrons. The maximum absolute atomic E-state index is 11.0. The van der Waals surface area contributed by atoms with Crippen LogP contribution in [0, 0.1) is 6.92 Å². The number of nitrogens with zero attached hydrogens (tertiary/aromatic N) is 2. The van der Waals surface area contributed by atoms with Crippen LogP contribution in [0.3, 0.4) is 0 Å². The molecule has 4 aromatic rings. The average Bonchev–Trinajstić information content (AvgIpc) is 3.23. The SMILES string of the molecule is Cc1ccc(C(CCO)c2ccc(SCc3ccccc3)cc2O)c(-c2ccnn2C)c1. The number of aliphatic hydroxyl groups excluding tert-OH is 1. The van der Waals surface area contributed by atoms with E-state index in [9.17, 15) is 10.2 Å². The van der Waals surface area contributed by atoms with E-state index in [4.69, 9.17) is 0 Å². The van der Waals surface area contributed by atoms with Gasteiger partial charge in [0.15, 0.2) is 0 Å². The molecule has 0 aliphatic rings. The molecule has 1 aromatic heterocycles. The van der Waals surface area contributed by atoms with Gasteiger partial charge in [0, 0.05) is 47.5 Å². The van der Waals surface area contributed by atoms with E-state index in [1.165, 1.54) is 5.56 Å². The molecule has 0 aliphatic heterocycles. The summed E-state index contributed by atoms with van der Waals surface area (Å²) in [5.41, 5.74) is 6.40. The van der Waals surface area contributed by atoms with E-state index in [-0.39, 0.29) is 18.3 Å². The summed E-state index contributed by atoms with van der Waals surface area (Å²) in [6.45, 7) is 2.11. The van der Waals surface area contributed by atoms with Crippen molar-refractivity contribution in [3.63, 3.8) is 0 Å². The van der Waals surface area contributed by atoms with Crippen LogP contribution in [0.5, 0.6) is 5.75 Å². The van der Waals surface area contributed by atoms with Gasteiger partial charge in [0.25, 0.3) is 0 Å². The van der Waals surface area contributed by atoms with Crippen LogP contribution in [0.15, 0.2) is 83.9 Å². The quantitative estimate of drug-likeness (QED) is 0.332. The molecule has 164 valence electrons. The van der Waals surface area contributed by atoms with Crippen molar-refractivity contribution in [2.24, 2.45) is 7.05 Å². The number of aromatic nitrogens is 2. The Bertz CT molecular complexity index is 1190. The Labute approximate surface area is 193 Å². The predicted molar refractivity (Wildman–Crippen MR) is 131 cm³/mol. The molecule has 1 atom stereocenters. The maximum Gasteiger partial charge on any atom is 0.120 e. The van der Waals surface area contributed by atoms with Crippen molar-refractivity contribution in [1.82, 2.24) is 9.78 Å². The number of hydrogen-bond acceptors (Lipinski definition) is 4. The molecule has 0 bridgehead atoms. The highest BCUT2D eigenvalue weighted by Gasteiger charge is 2.22. The van der Waals surface area contributed by atoms with Crippen LogP contribution in [-0.4, -0.2) is 26.6 Å². The third kappa shape index (κ3) is 4.90. The number of aliphatic hydroxyl groups is 1. The lowest BCUT2D eigenvalue weighted by atomic mass is 9.84. The lowest BCUT2D eigenvalue weighted by Crippen LogP contribution is -2.07. The second-order valence-electron chi connectivity index (χ2n) is 7.99. The minimum Gasteiger partial charge on any atom is -0.508 e. The van der Waals surface area contributed by atoms with Crippen LogP contribution in [0.4, 0.5) is 0 Å². The summed E-state index contributed by atoms with van der Waals surface area (Å²) in [5.74, 6) is 0.985. The molecule has 3 aromatic carbocycles. The molecule has 0 spiro atoms. The lowest BCUT2D eigenvalue weighted by molar-refractivity contribution is 0.280. The molecule has 4 rings (SSSR count). The molecule has 0 aliphatic carbocycles. The largest absolute Gasteiger partial charge is 0.508 e. The summed E-state index contributed by atoms with van der Waals surface area (Å²) < 4.78 is 1.86. The molecule has 1 heterocycles. The smallest absolute Gasteiger partial charge is 0.120 e. The van der Waals surface area contributed by atoms with Gasteiger partial charge in [-0.15, -0.1) is 11.8 Å². The van der Waals surface area contributed by atoms with Crippen LogP contribution in [0.1, 0.15) is 34.6 Å². The van der Waals surface area contributed by atoms with Crippen molar-refractivity contribution >= 4 is 11.8 Å². The van der Waals surface area contributed by atoms with Crippen molar-refractivity contribution in [3.05, 3.63) is 101 Å². The highest BCUT2D eigenvalue weighted by molar-refractivity contribution is 7.98. The Hall–Kier alpha value is -3.02. The molecule has 5 heteroatoms. The first kappa shape index (κ1) is 22.2. The summed E-state index contributed by atoms with van der Waals surface area (Å²) in [4.78, 5) is 1.02. The average molecular weight is 445 g/mol. The Kier molecular flexibility index (Phi) is 6.98. The fraction of sp³-hybridized carbons (Fsp3) is 0.222. The van der Waals surface area contributed by atoms with Crippen LogP contribution < -0.4 is 0 Å². The van der Waals surface area contributed by atoms with Crippen molar-refractivity contribution in [1.29, 1.82) is 0 Å². The second kappa shape index (κ2) is 10.1. The molecule has 2 N–H and O–H groups in total. The zero-order chi connectivity index (χ0) is 22.5. The van der Waals surface area contributed by atoms with Gasteiger partial charge < -0.3 is 10.2 Å². The van der Waals surface area contributed by atoms with E-state index in [1.807, 2.05) is 48.1 Å².